The van der Waals surface area contributed by atoms with E-state index in [1.807, 2.05) is 36.4 Å². The minimum absolute atomic E-state index is 0.695. The summed E-state index contributed by atoms with van der Waals surface area (Å²) in [6.45, 7) is 0. The van der Waals surface area contributed by atoms with Gasteiger partial charge in [0.15, 0.2) is 5.76 Å². The van der Waals surface area contributed by atoms with Crippen LogP contribution in [0.1, 0.15) is 0 Å². The van der Waals surface area contributed by atoms with Crippen molar-refractivity contribution < 1.29 is 4.52 Å². The summed E-state index contributed by atoms with van der Waals surface area (Å²) in [5, 5.41) is 5.17. The van der Waals surface area contributed by atoms with Crippen molar-refractivity contribution in [3.05, 3.63) is 47.6 Å². The first-order valence-corrected chi connectivity index (χ1v) is 6.50. The monoisotopic (exact) mass is 276 g/mol. The van der Waals surface area contributed by atoms with E-state index < -0.39 is 0 Å². The van der Waals surface area contributed by atoms with Crippen LogP contribution in [0.3, 0.4) is 0 Å². The molecule has 0 spiro atoms. The fourth-order valence-corrected chi connectivity index (χ4v) is 2.81. The van der Waals surface area contributed by atoms with Crippen LogP contribution in [0.15, 0.2) is 47.1 Å². The number of rotatable bonds is 2. The maximum absolute atomic E-state index is 6.22. The second-order valence-corrected chi connectivity index (χ2v) is 5.30. The Morgan fingerprint density at radius 2 is 2.06 bits per heavy atom. The molecule has 0 aliphatic rings. The van der Waals surface area contributed by atoms with Crippen LogP contribution in [0.25, 0.3) is 21.8 Å². The Labute approximate surface area is 113 Å². The summed E-state index contributed by atoms with van der Waals surface area (Å²) in [5.41, 5.74) is 7.64. The van der Waals surface area contributed by atoms with E-state index in [4.69, 9.17) is 21.9 Å². The maximum Gasteiger partial charge on any atom is 0.166 e. The van der Waals surface area contributed by atoms with Gasteiger partial charge in [-0.2, -0.15) is 0 Å². The third-order valence-corrected chi connectivity index (χ3v) is 3.86. The predicted octanol–water partition coefficient (Wildman–Crippen LogP) is 4.31. The number of hydrogen-bond acceptors (Lipinski definition) is 4. The fourth-order valence-electron chi connectivity index (χ4n) is 1.73. The molecule has 0 aliphatic heterocycles. The van der Waals surface area contributed by atoms with Crippen molar-refractivity contribution in [2.24, 2.45) is 0 Å². The molecule has 0 fully saturated rings. The van der Waals surface area contributed by atoms with Gasteiger partial charge in [-0.25, -0.2) is 0 Å². The highest BCUT2D eigenvalue weighted by Crippen LogP contribution is 2.36. The lowest BCUT2D eigenvalue weighted by Crippen LogP contribution is -1.79. The molecule has 0 bridgehead atoms. The second-order valence-electron chi connectivity index (χ2n) is 3.77. The van der Waals surface area contributed by atoms with Gasteiger partial charge < -0.3 is 10.3 Å². The normalized spacial score (nSPS) is 10.7. The van der Waals surface area contributed by atoms with Crippen LogP contribution in [0.2, 0.25) is 5.02 Å². The van der Waals surface area contributed by atoms with Gasteiger partial charge in [-0.05, 0) is 30.3 Å². The number of benzene rings is 1. The van der Waals surface area contributed by atoms with E-state index in [2.05, 4.69) is 5.16 Å². The summed E-state index contributed by atoms with van der Waals surface area (Å²) in [7, 11) is 0. The van der Waals surface area contributed by atoms with E-state index in [-0.39, 0.29) is 0 Å². The molecule has 90 valence electrons. The largest absolute Gasteiger partial charge is 0.391 e. The Kier molecular flexibility index (Phi) is 2.81. The van der Waals surface area contributed by atoms with Gasteiger partial charge >= 0.3 is 0 Å². The minimum Gasteiger partial charge on any atom is -0.391 e. The van der Waals surface area contributed by atoms with Crippen LogP contribution < -0.4 is 5.73 Å². The number of halogens is 1. The molecule has 2 N–H and O–H groups in total. The lowest BCUT2D eigenvalue weighted by atomic mass is 10.1. The Bertz CT molecular complexity index is 676. The Morgan fingerprint density at radius 3 is 2.72 bits per heavy atom. The molecule has 0 saturated heterocycles. The predicted molar refractivity (Wildman–Crippen MR) is 74.7 cm³/mol. The first kappa shape index (κ1) is 11.3. The number of thiophene rings is 1. The molecule has 0 amide bonds. The fraction of sp³-hybridized carbons (Fsp3) is 0. The SMILES string of the molecule is Nc1ccc(-c2cc(-c3ccno3)ccc2Cl)s1. The number of nitrogens with zero attached hydrogens (tertiary/aromatic N) is 1. The van der Waals surface area contributed by atoms with Gasteiger partial charge in [0, 0.05) is 27.1 Å². The average Bonchev–Trinajstić information content (AvgIpc) is 3.01. The first-order chi connectivity index (χ1) is 8.74. The maximum atomic E-state index is 6.22. The molecule has 2 heterocycles. The highest BCUT2D eigenvalue weighted by molar-refractivity contribution is 7.19. The van der Waals surface area contributed by atoms with E-state index in [1.165, 1.54) is 11.3 Å². The molecule has 3 rings (SSSR count). The van der Waals surface area contributed by atoms with Crippen molar-refractivity contribution in [3.63, 3.8) is 0 Å². The van der Waals surface area contributed by atoms with Gasteiger partial charge in [0.2, 0.25) is 0 Å². The molecule has 0 unspecified atom stereocenters. The topological polar surface area (TPSA) is 52.0 Å². The molecule has 5 heteroatoms. The highest BCUT2D eigenvalue weighted by Gasteiger charge is 2.09. The number of anilines is 1. The molecule has 18 heavy (non-hydrogen) atoms. The van der Waals surface area contributed by atoms with E-state index in [1.54, 1.807) is 6.20 Å². The first-order valence-electron chi connectivity index (χ1n) is 5.30. The van der Waals surface area contributed by atoms with Gasteiger partial charge in [-0.1, -0.05) is 16.8 Å². The van der Waals surface area contributed by atoms with Crippen molar-refractivity contribution in [2.45, 2.75) is 0 Å². The van der Waals surface area contributed by atoms with E-state index >= 15 is 0 Å². The van der Waals surface area contributed by atoms with E-state index in [9.17, 15) is 0 Å². The minimum atomic E-state index is 0.695. The number of nitrogens with two attached hydrogens (primary N) is 1. The summed E-state index contributed by atoms with van der Waals surface area (Å²) in [4.78, 5) is 1.04. The Hall–Kier alpha value is -1.78. The van der Waals surface area contributed by atoms with Gasteiger partial charge in [0.25, 0.3) is 0 Å². The van der Waals surface area contributed by atoms with Crippen LogP contribution in [0.5, 0.6) is 0 Å². The van der Waals surface area contributed by atoms with Crippen molar-refractivity contribution in [3.8, 4) is 21.8 Å². The third-order valence-electron chi connectivity index (χ3n) is 2.58. The molecule has 0 aliphatic carbocycles. The average molecular weight is 277 g/mol. The van der Waals surface area contributed by atoms with Crippen LogP contribution in [0.4, 0.5) is 5.00 Å². The molecule has 0 radical (unpaired) electrons. The molecule has 1 aromatic carbocycles. The zero-order valence-corrected chi connectivity index (χ0v) is 10.8. The van der Waals surface area contributed by atoms with Gasteiger partial charge in [-0.15, -0.1) is 11.3 Å². The molecule has 3 aromatic rings. The van der Waals surface area contributed by atoms with Crippen LogP contribution in [-0.2, 0) is 0 Å². The van der Waals surface area contributed by atoms with Crippen molar-refractivity contribution >= 4 is 27.9 Å². The second kappa shape index (κ2) is 4.48. The van der Waals surface area contributed by atoms with E-state index in [0.717, 1.165) is 26.8 Å². The molecular formula is C13H9ClN2OS. The molecule has 3 nitrogen and oxygen atoms in total. The molecule has 0 saturated carbocycles. The lowest BCUT2D eigenvalue weighted by Gasteiger charge is -2.03. The highest BCUT2D eigenvalue weighted by atomic mass is 35.5. The van der Waals surface area contributed by atoms with Gasteiger partial charge in [0.05, 0.1) is 11.2 Å². The summed E-state index contributed by atoms with van der Waals surface area (Å²) in [6.07, 6.45) is 1.62. The quantitative estimate of drug-likeness (QED) is 0.759. The standard InChI is InChI=1S/C13H9ClN2OS/c14-10-2-1-8(11-5-6-16-17-11)7-9(10)12-3-4-13(15)18-12/h1-7H,15H2. The van der Waals surface area contributed by atoms with Crippen LogP contribution in [0, 0.1) is 0 Å². The van der Waals surface area contributed by atoms with Crippen LogP contribution >= 0.6 is 22.9 Å². The van der Waals surface area contributed by atoms with Gasteiger partial charge in [-0.3, -0.25) is 0 Å². The van der Waals surface area contributed by atoms with Crippen molar-refractivity contribution in [1.29, 1.82) is 0 Å². The lowest BCUT2D eigenvalue weighted by molar-refractivity contribution is 0.432. The summed E-state index contributed by atoms with van der Waals surface area (Å²) >= 11 is 7.73. The molecule has 2 aromatic heterocycles. The Morgan fingerprint density at radius 1 is 1.17 bits per heavy atom. The van der Waals surface area contributed by atoms with Gasteiger partial charge in [0.1, 0.15) is 0 Å². The third kappa shape index (κ3) is 2.00. The van der Waals surface area contributed by atoms with Crippen LogP contribution in [-0.4, -0.2) is 5.16 Å². The number of nitrogen functional groups attached to an aromatic ring is 1. The molecule has 0 atom stereocenters. The Balaban J connectivity index is 2.12. The summed E-state index contributed by atoms with van der Waals surface area (Å²) < 4.78 is 5.14. The summed E-state index contributed by atoms with van der Waals surface area (Å²) in [6, 6.07) is 11.4. The zero-order valence-electron chi connectivity index (χ0n) is 9.26. The smallest absolute Gasteiger partial charge is 0.166 e. The van der Waals surface area contributed by atoms with Crippen molar-refractivity contribution in [1.82, 2.24) is 5.16 Å². The number of hydrogen-bond donors (Lipinski definition) is 1. The van der Waals surface area contributed by atoms with E-state index in [0.29, 0.717) is 5.02 Å². The number of aromatic nitrogens is 1. The molecular weight excluding hydrogens is 268 g/mol. The summed E-state index contributed by atoms with van der Waals surface area (Å²) in [5.74, 6) is 0.720. The zero-order chi connectivity index (χ0) is 12.5. The van der Waals surface area contributed by atoms with Crippen molar-refractivity contribution in [2.75, 3.05) is 5.73 Å².